The van der Waals surface area contributed by atoms with Gasteiger partial charge >= 0.3 is 5.97 Å². The third kappa shape index (κ3) is 3.53. The van der Waals surface area contributed by atoms with Crippen LogP contribution in [0.15, 0.2) is 59.0 Å². The number of hydrogen-bond donors (Lipinski definition) is 1. The summed E-state index contributed by atoms with van der Waals surface area (Å²) in [5.41, 5.74) is 1.18. The molecule has 2 aromatic carbocycles. The van der Waals surface area contributed by atoms with Crippen molar-refractivity contribution < 1.29 is 19.1 Å². The Kier molecular flexibility index (Phi) is 4.47. The van der Waals surface area contributed by atoms with E-state index < -0.39 is 11.4 Å². The molecule has 0 radical (unpaired) electrons. The molecule has 28 heavy (non-hydrogen) atoms. The molecule has 5 nitrogen and oxygen atoms in total. The number of benzene rings is 2. The number of carboxylic acids is 1. The van der Waals surface area contributed by atoms with E-state index in [1.54, 1.807) is 26.0 Å². The Balaban J connectivity index is 1.64. The van der Waals surface area contributed by atoms with E-state index in [9.17, 15) is 9.90 Å². The molecular formula is C22H18ClNO4. The molecule has 0 aliphatic heterocycles. The summed E-state index contributed by atoms with van der Waals surface area (Å²) >= 11 is 6.07. The molecule has 0 fully saturated rings. The van der Waals surface area contributed by atoms with Gasteiger partial charge in [-0.15, -0.1) is 0 Å². The van der Waals surface area contributed by atoms with E-state index in [0.717, 1.165) is 16.3 Å². The van der Waals surface area contributed by atoms with E-state index in [1.807, 2.05) is 42.5 Å². The van der Waals surface area contributed by atoms with E-state index in [-0.39, 0.29) is 6.61 Å². The lowest BCUT2D eigenvalue weighted by Crippen LogP contribution is -2.30. The van der Waals surface area contributed by atoms with Gasteiger partial charge in [0.1, 0.15) is 23.6 Å². The van der Waals surface area contributed by atoms with Gasteiger partial charge in [-0.3, -0.25) is 4.79 Å². The number of aromatic nitrogens is 1. The standard InChI is InChI=1S/C22H18ClNO4/c1-22(2,21(25)26)12-27-16-7-4-14-9-20(28-19(14)11-16)17-8-5-13-3-6-15(23)10-18(13)24-17/h3-11H,12H2,1-2H3,(H,25,26). The average Bonchev–Trinajstić information content (AvgIpc) is 3.09. The van der Waals surface area contributed by atoms with Crippen LogP contribution >= 0.6 is 11.6 Å². The molecule has 4 rings (SSSR count). The predicted molar refractivity (Wildman–Crippen MR) is 109 cm³/mol. The summed E-state index contributed by atoms with van der Waals surface area (Å²) in [5, 5.41) is 11.7. The van der Waals surface area contributed by atoms with Crippen molar-refractivity contribution >= 4 is 39.4 Å². The lowest BCUT2D eigenvalue weighted by atomic mass is 9.95. The van der Waals surface area contributed by atoms with Crippen molar-refractivity contribution in [1.82, 2.24) is 4.98 Å². The maximum atomic E-state index is 11.2. The Morgan fingerprint density at radius 2 is 1.86 bits per heavy atom. The van der Waals surface area contributed by atoms with Gasteiger partial charge in [0.05, 0.1) is 10.9 Å². The van der Waals surface area contributed by atoms with Crippen LogP contribution in [0.5, 0.6) is 5.75 Å². The molecule has 0 bridgehead atoms. The first-order valence-electron chi connectivity index (χ1n) is 8.78. The third-order valence-corrected chi connectivity index (χ3v) is 4.81. The number of hydrogen-bond acceptors (Lipinski definition) is 4. The number of fused-ring (bicyclic) bond motifs is 2. The SMILES string of the molecule is CC(C)(COc1ccc2cc(-c3ccc4ccc(Cl)cc4n3)oc2c1)C(=O)O. The van der Waals surface area contributed by atoms with Crippen molar-refractivity contribution in [2.24, 2.45) is 5.41 Å². The minimum atomic E-state index is -0.973. The Morgan fingerprint density at radius 1 is 1.11 bits per heavy atom. The Hall–Kier alpha value is -3.05. The largest absolute Gasteiger partial charge is 0.492 e. The number of halogens is 1. The normalized spacial score (nSPS) is 11.8. The minimum Gasteiger partial charge on any atom is -0.492 e. The van der Waals surface area contributed by atoms with Crippen LogP contribution in [-0.2, 0) is 4.79 Å². The Bertz CT molecular complexity index is 1200. The molecule has 0 saturated carbocycles. The molecule has 4 aromatic rings. The molecule has 0 amide bonds. The Labute approximate surface area is 166 Å². The maximum Gasteiger partial charge on any atom is 0.312 e. The fraction of sp³-hybridized carbons (Fsp3) is 0.182. The van der Waals surface area contributed by atoms with Crippen molar-refractivity contribution in [2.75, 3.05) is 6.61 Å². The molecule has 1 N–H and O–H groups in total. The number of carboxylic acid groups (broad SMARTS) is 1. The summed E-state index contributed by atoms with van der Waals surface area (Å²) in [6.45, 7) is 3.31. The first-order chi connectivity index (χ1) is 13.3. The van der Waals surface area contributed by atoms with Gasteiger partial charge < -0.3 is 14.3 Å². The molecule has 0 atom stereocenters. The topological polar surface area (TPSA) is 72.6 Å². The van der Waals surface area contributed by atoms with Crippen LogP contribution in [0.25, 0.3) is 33.3 Å². The van der Waals surface area contributed by atoms with Crippen molar-refractivity contribution in [1.29, 1.82) is 0 Å². The molecule has 0 aliphatic carbocycles. The number of rotatable bonds is 5. The van der Waals surface area contributed by atoms with Crippen LogP contribution in [0.4, 0.5) is 0 Å². The molecule has 0 saturated heterocycles. The van der Waals surface area contributed by atoms with Gasteiger partial charge in [-0.25, -0.2) is 4.98 Å². The molecular weight excluding hydrogens is 378 g/mol. The average molecular weight is 396 g/mol. The number of furan rings is 1. The fourth-order valence-electron chi connectivity index (χ4n) is 2.78. The van der Waals surface area contributed by atoms with Gasteiger partial charge in [-0.05, 0) is 50.2 Å². The highest BCUT2D eigenvalue weighted by Gasteiger charge is 2.28. The second-order valence-electron chi connectivity index (χ2n) is 7.32. The summed E-state index contributed by atoms with van der Waals surface area (Å²) in [6.07, 6.45) is 0. The van der Waals surface area contributed by atoms with Gasteiger partial charge in [-0.1, -0.05) is 23.7 Å². The summed E-state index contributed by atoms with van der Waals surface area (Å²) in [7, 11) is 0. The molecule has 2 aromatic heterocycles. The quantitative estimate of drug-likeness (QED) is 0.463. The number of ether oxygens (including phenoxy) is 1. The van der Waals surface area contributed by atoms with Crippen molar-refractivity contribution in [3.8, 4) is 17.2 Å². The Morgan fingerprint density at radius 3 is 2.64 bits per heavy atom. The fourth-order valence-corrected chi connectivity index (χ4v) is 2.95. The van der Waals surface area contributed by atoms with Crippen molar-refractivity contribution in [3.63, 3.8) is 0 Å². The van der Waals surface area contributed by atoms with E-state index in [2.05, 4.69) is 4.98 Å². The highest BCUT2D eigenvalue weighted by atomic mass is 35.5. The maximum absolute atomic E-state index is 11.2. The predicted octanol–water partition coefficient (Wildman–Crippen LogP) is 5.79. The first-order valence-corrected chi connectivity index (χ1v) is 9.16. The number of nitrogens with zero attached hydrogens (tertiary/aromatic N) is 1. The summed E-state index contributed by atoms with van der Waals surface area (Å²) in [5.74, 6) is 0.289. The van der Waals surface area contributed by atoms with Crippen LogP contribution in [0, 0.1) is 5.41 Å². The van der Waals surface area contributed by atoms with Crippen molar-refractivity contribution in [2.45, 2.75) is 13.8 Å². The van der Waals surface area contributed by atoms with Crippen LogP contribution in [0.3, 0.4) is 0 Å². The molecule has 0 spiro atoms. The van der Waals surface area contributed by atoms with E-state index >= 15 is 0 Å². The van der Waals surface area contributed by atoms with E-state index in [1.165, 1.54) is 0 Å². The minimum absolute atomic E-state index is 0.0639. The van der Waals surface area contributed by atoms with Crippen LogP contribution < -0.4 is 4.74 Å². The first kappa shape index (κ1) is 18.3. The van der Waals surface area contributed by atoms with Gasteiger partial charge in [0.2, 0.25) is 0 Å². The number of aliphatic carboxylic acids is 1. The highest BCUT2D eigenvalue weighted by Crippen LogP contribution is 2.31. The second kappa shape index (κ2) is 6.84. The number of pyridine rings is 1. The lowest BCUT2D eigenvalue weighted by molar-refractivity contribution is -0.148. The zero-order valence-corrected chi connectivity index (χ0v) is 16.2. The van der Waals surface area contributed by atoms with Gasteiger partial charge in [0, 0.05) is 21.9 Å². The zero-order chi connectivity index (χ0) is 19.9. The third-order valence-electron chi connectivity index (χ3n) is 4.58. The van der Waals surface area contributed by atoms with Gasteiger partial charge in [-0.2, -0.15) is 0 Å². The second-order valence-corrected chi connectivity index (χ2v) is 7.76. The van der Waals surface area contributed by atoms with Crippen LogP contribution in [0.2, 0.25) is 5.02 Å². The highest BCUT2D eigenvalue weighted by molar-refractivity contribution is 6.31. The van der Waals surface area contributed by atoms with Gasteiger partial charge in [0.25, 0.3) is 0 Å². The lowest BCUT2D eigenvalue weighted by Gasteiger charge is -2.19. The summed E-state index contributed by atoms with van der Waals surface area (Å²) < 4.78 is 11.6. The monoisotopic (exact) mass is 395 g/mol. The van der Waals surface area contributed by atoms with E-state index in [0.29, 0.717) is 27.8 Å². The number of carbonyl (C=O) groups is 1. The van der Waals surface area contributed by atoms with Gasteiger partial charge in [0.15, 0.2) is 5.76 Å². The molecule has 0 aliphatic rings. The van der Waals surface area contributed by atoms with E-state index in [4.69, 9.17) is 20.8 Å². The van der Waals surface area contributed by atoms with Crippen molar-refractivity contribution in [3.05, 3.63) is 59.6 Å². The molecule has 6 heteroatoms. The van der Waals surface area contributed by atoms with Crippen LogP contribution in [-0.4, -0.2) is 22.7 Å². The summed E-state index contributed by atoms with van der Waals surface area (Å²) in [4.78, 5) is 15.9. The molecule has 0 unspecified atom stereocenters. The smallest absolute Gasteiger partial charge is 0.312 e. The summed E-state index contributed by atoms with van der Waals surface area (Å²) in [6, 6.07) is 16.8. The van der Waals surface area contributed by atoms with Crippen LogP contribution in [0.1, 0.15) is 13.8 Å². The molecule has 2 heterocycles. The zero-order valence-electron chi connectivity index (χ0n) is 15.4. The molecule has 142 valence electrons.